The molecule has 1 heterocycles. The summed E-state index contributed by atoms with van der Waals surface area (Å²) in [5, 5.41) is 7.10. The molecule has 1 amide bonds. The van der Waals surface area contributed by atoms with Crippen molar-refractivity contribution in [3.63, 3.8) is 0 Å². The zero-order valence-electron chi connectivity index (χ0n) is 15.3. The minimum atomic E-state index is -0.577. The highest BCUT2D eigenvalue weighted by Gasteiger charge is 2.14. The van der Waals surface area contributed by atoms with Crippen LogP contribution in [-0.4, -0.2) is 15.7 Å². The van der Waals surface area contributed by atoms with Crippen LogP contribution in [0.1, 0.15) is 15.9 Å². The third-order valence-corrected chi connectivity index (χ3v) is 4.75. The number of aromatic nitrogens is 2. The maximum absolute atomic E-state index is 14.0. The molecular weight excluding hydrogens is 389 g/mol. The summed E-state index contributed by atoms with van der Waals surface area (Å²) < 4.78 is 15.9. The van der Waals surface area contributed by atoms with Crippen molar-refractivity contribution in [2.24, 2.45) is 0 Å². The second-order valence-electron chi connectivity index (χ2n) is 6.52. The third kappa shape index (κ3) is 4.36. The third-order valence-electron chi connectivity index (χ3n) is 4.52. The summed E-state index contributed by atoms with van der Waals surface area (Å²) in [5.41, 5.74) is 3.31. The van der Waals surface area contributed by atoms with Gasteiger partial charge in [0.25, 0.3) is 5.91 Å². The zero-order chi connectivity index (χ0) is 20.2. The number of nitrogens with one attached hydrogen (secondary N) is 1. The normalized spacial score (nSPS) is 10.7. The van der Waals surface area contributed by atoms with Crippen molar-refractivity contribution in [2.75, 3.05) is 5.32 Å². The molecule has 0 spiro atoms. The molecule has 4 nitrogen and oxygen atoms in total. The molecule has 4 rings (SSSR count). The smallest absolute Gasteiger partial charge is 0.256 e. The lowest BCUT2D eigenvalue weighted by molar-refractivity contribution is 0.102. The van der Waals surface area contributed by atoms with E-state index in [2.05, 4.69) is 10.4 Å². The SMILES string of the molecule is O=C(Nc1ccc(Cl)cc1F)c1ccccc1-c1ccc(Cn2cccn2)cc1. The second kappa shape index (κ2) is 8.29. The molecule has 0 radical (unpaired) electrons. The van der Waals surface area contributed by atoms with E-state index >= 15 is 0 Å². The number of amides is 1. The van der Waals surface area contributed by atoms with Crippen molar-refractivity contribution in [1.82, 2.24) is 9.78 Å². The van der Waals surface area contributed by atoms with Crippen LogP contribution >= 0.6 is 11.6 Å². The Morgan fingerprint density at radius 1 is 1.03 bits per heavy atom. The molecule has 0 bridgehead atoms. The summed E-state index contributed by atoms with van der Waals surface area (Å²) in [5.74, 6) is -0.964. The van der Waals surface area contributed by atoms with E-state index in [4.69, 9.17) is 11.6 Å². The molecule has 0 fully saturated rings. The van der Waals surface area contributed by atoms with Crippen molar-refractivity contribution < 1.29 is 9.18 Å². The Morgan fingerprint density at radius 2 is 1.83 bits per heavy atom. The highest BCUT2D eigenvalue weighted by Crippen LogP contribution is 2.26. The van der Waals surface area contributed by atoms with Crippen LogP contribution in [0, 0.1) is 5.82 Å². The molecule has 29 heavy (non-hydrogen) atoms. The summed E-state index contributed by atoms with van der Waals surface area (Å²) in [6.07, 6.45) is 3.65. The van der Waals surface area contributed by atoms with Crippen LogP contribution in [0.5, 0.6) is 0 Å². The molecule has 0 atom stereocenters. The van der Waals surface area contributed by atoms with Crippen molar-refractivity contribution in [2.45, 2.75) is 6.54 Å². The molecule has 0 aliphatic rings. The predicted octanol–water partition coefficient (Wildman–Crippen LogP) is 5.64. The monoisotopic (exact) mass is 405 g/mol. The molecule has 4 aromatic rings. The van der Waals surface area contributed by atoms with Gasteiger partial charge in [0.1, 0.15) is 5.82 Å². The number of nitrogens with zero attached hydrogens (tertiary/aromatic N) is 2. The molecule has 0 saturated heterocycles. The van der Waals surface area contributed by atoms with Crippen molar-refractivity contribution >= 4 is 23.2 Å². The van der Waals surface area contributed by atoms with E-state index in [1.54, 1.807) is 18.3 Å². The summed E-state index contributed by atoms with van der Waals surface area (Å²) in [6.45, 7) is 0.672. The van der Waals surface area contributed by atoms with E-state index in [1.807, 2.05) is 53.3 Å². The lowest BCUT2D eigenvalue weighted by atomic mass is 9.98. The number of rotatable bonds is 5. The van der Waals surface area contributed by atoms with E-state index in [1.165, 1.54) is 18.2 Å². The molecule has 0 aliphatic carbocycles. The van der Waals surface area contributed by atoms with Crippen molar-refractivity contribution in [3.8, 4) is 11.1 Å². The van der Waals surface area contributed by atoms with Crippen LogP contribution in [0.4, 0.5) is 10.1 Å². The lowest BCUT2D eigenvalue weighted by Gasteiger charge is -2.12. The molecular formula is C23H17ClFN3O. The molecule has 0 unspecified atom stereocenters. The Kier molecular flexibility index (Phi) is 5.40. The summed E-state index contributed by atoms with van der Waals surface area (Å²) in [6, 6.07) is 21.2. The number of hydrogen-bond acceptors (Lipinski definition) is 2. The molecule has 6 heteroatoms. The first-order valence-corrected chi connectivity index (χ1v) is 9.40. The molecule has 1 aromatic heterocycles. The van der Waals surface area contributed by atoms with Crippen LogP contribution in [-0.2, 0) is 6.54 Å². The maximum atomic E-state index is 14.0. The average molecular weight is 406 g/mol. The van der Waals surface area contributed by atoms with Crippen LogP contribution < -0.4 is 5.32 Å². The Balaban J connectivity index is 1.58. The van der Waals surface area contributed by atoms with E-state index in [9.17, 15) is 9.18 Å². The van der Waals surface area contributed by atoms with Gasteiger partial charge in [0.05, 0.1) is 12.2 Å². The fourth-order valence-corrected chi connectivity index (χ4v) is 3.24. The molecule has 3 aromatic carbocycles. The average Bonchev–Trinajstić information content (AvgIpc) is 3.24. The van der Waals surface area contributed by atoms with Gasteiger partial charge in [0.2, 0.25) is 0 Å². The molecule has 144 valence electrons. The van der Waals surface area contributed by atoms with Crippen molar-refractivity contribution in [3.05, 3.63) is 107 Å². The van der Waals surface area contributed by atoms with Gasteiger partial charge in [-0.15, -0.1) is 0 Å². The van der Waals surface area contributed by atoms with E-state index in [0.717, 1.165) is 16.7 Å². The standard InChI is InChI=1S/C23H17ClFN3O/c24-18-10-11-22(21(25)14-18)27-23(29)20-5-2-1-4-19(20)17-8-6-16(7-9-17)15-28-13-3-12-26-28/h1-14H,15H2,(H,27,29). The Hall–Kier alpha value is -3.44. The number of carbonyl (C=O) groups is 1. The van der Waals surface area contributed by atoms with Gasteiger partial charge in [0.15, 0.2) is 0 Å². The largest absolute Gasteiger partial charge is 0.319 e. The van der Waals surface area contributed by atoms with Gasteiger partial charge in [-0.25, -0.2) is 4.39 Å². The number of benzene rings is 3. The van der Waals surface area contributed by atoms with Crippen LogP contribution in [0.3, 0.4) is 0 Å². The number of halogens is 2. The van der Waals surface area contributed by atoms with Gasteiger partial charge in [-0.1, -0.05) is 54.1 Å². The Morgan fingerprint density at radius 3 is 2.55 bits per heavy atom. The minimum absolute atomic E-state index is 0.0868. The number of hydrogen-bond donors (Lipinski definition) is 1. The van der Waals surface area contributed by atoms with E-state index in [0.29, 0.717) is 12.1 Å². The van der Waals surface area contributed by atoms with Gasteiger partial charge in [-0.2, -0.15) is 5.10 Å². The molecule has 0 aliphatic heterocycles. The first kappa shape index (κ1) is 18.9. The predicted molar refractivity (Wildman–Crippen MR) is 113 cm³/mol. The first-order chi connectivity index (χ1) is 14.1. The molecule has 1 N–H and O–H groups in total. The van der Waals surface area contributed by atoms with Gasteiger partial charge < -0.3 is 5.32 Å². The fourth-order valence-electron chi connectivity index (χ4n) is 3.08. The van der Waals surface area contributed by atoms with Gasteiger partial charge in [-0.05, 0) is 47.0 Å². The molecule has 0 saturated carbocycles. The van der Waals surface area contributed by atoms with Crippen LogP contribution in [0.2, 0.25) is 5.02 Å². The van der Waals surface area contributed by atoms with Gasteiger partial charge >= 0.3 is 0 Å². The van der Waals surface area contributed by atoms with E-state index < -0.39 is 5.82 Å². The maximum Gasteiger partial charge on any atom is 0.256 e. The zero-order valence-corrected chi connectivity index (χ0v) is 16.1. The minimum Gasteiger partial charge on any atom is -0.319 e. The Bertz CT molecular complexity index is 1140. The number of carbonyl (C=O) groups excluding carboxylic acids is 1. The van der Waals surface area contributed by atoms with Crippen molar-refractivity contribution in [1.29, 1.82) is 0 Å². The lowest BCUT2D eigenvalue weighted by Crippen LogP contribution is -2.14. The Labute approximate surface area is 172 Å². The topological polar surface area (TPSA) is 46.9 Å². The summed E-state index contributed by atoms with van der Waals surface area (Å²) >= 11 is 5.77. The quantitative estimate of drug-likeness (QED) is 0.466. The van der Waals surface area contributed by atoms with Gasteiger partial charge in [-0.3, -0.25) is 9.48 Å². The second-order valence-corrected chi connectivity index (χ2v) is 6.96. The highest BCUT2D eigenvalue weighted by molar-refractivity contribution is 6.30. The summed E-state index contributed by atoms with van der Waals surface area (Å²) in [4.78, 5) is 12.8. The highest BCUT2D eigenvalue weighted by atomic mass is 35.5. The van der Waals surface area contributed by atoms with E-state index in [-0.39, 0.29) is 16.6 Å². The van der Waals surface area contributed by atoms with Crippen LogP contribution in [0.15, 0.2) is 85.2 Å². The number of anilines is 1. The van der Waals surface area contributed by atoms with Gasteiger partial charge in [0, 0.05) is 23.0 Å². The first-order valence-electron chi connectivity index (χ1n) is 9.02. The van der Waals surface area contributed by atoms with Crippen LogP contribution in [0.25, 0.3) is 11.1 Å². The summed E-state index contributed by atoms with van der Waals surface area (Å²) in [7, 11) is 0. The fraction of sp³-hybridized carbons (Fsp3) is 0.0435.